The van der Waals surface area contributed by atoms with Crippen LogP contribution in [-0.4, -0.2) is 31.3 Å². The van der Waals surface area contributed by atoms with Crippen LogP contribution in [0.2, 0.25) is 0 Å². The van der Waals surface area contributed by atoms with Gasteiger partial charge in [0.2, 0.25) is 0 Å². The number of carbonyl (C=O) groups is 1. The van der Waals surface area contributed by atoms with Gasteiger partial charge < -0.3 is 15.2 Å². The van der Waals surface area contributed by atoms with E-state index in [1.54, 1.807) is 19.2 Å². The van der Waals surface area contributed by atoms with Crippen LogP contribution in [0.25, 0.3) is 0 Å². The predicted octanol–water partition coefficient (Wildman–Crippen LogP) is 2.98. The van der Waals surface area contributed by atoms with Gasteiger partial charge in [0.05, 0.1) is 12.7 Å². The van der Waals surface area contributed by atoms with Crippen molar-refractivity contribution in [1.82, 2.24) is 5.32 Å². The summed E-state index contributed by atoms with van der Waals surface area (Å²) < 4.78 is 5.23. The summed E-state index contributed by atoms with van der Waals surface area (Å²) in [7, 11) is 1.56. The topological polar surface area (TPSA) is 58.6 Å². The maximum Gasteiger partial charge on any atom is 0.255 e. The number of rotatable bonds is 8. The fourth-order valence-corrected chi connectivity index (χ4v) is 2.59. The summed E-state index contributed by atoms with van der Waals surface area (Å²) in [5.41, 5.74) is 1.70. The molecule has 0 spiro atoms. The number of para-hydroxylation sites is 1. The molecular formula is C19H23NO3. The highest BCUT2D eigenvalue weighted by molar-refractivity contribution is 5.96. The standard InChI is InChI=1S/C19H23NO3/c1-23-18-12-6-5-11-17(18)19(22)20-14-16(10-7-13-21)15-8-3-2-4-9-15/h2-6,8-9,11-12,16,21H,7,10,13-14H2,1H3,(H,20,22). The van der Waals surface area contributed by atoms with Crippen LogP contribution in [0.4, 0.5) is 0 Å². The molecule has 1 unspecified atom stereocenters. The number of methoxy groups -OCH3 is 1. The van der Waals surface area contributed by atoms with Crippen molar-refractivity contribution in [3.8, 4) is 5.75 Å². The molecule has 0 aliphatic carbocycles. The van der Waals surface area contributed by atoms with E-state index in [-0.39, 0.29) is 18.4 Å². The Hall–Kier alpha value is -2.33. The van der Waals surface area contributed by atoms with Gasteiger partial charge in [-0.05, 0) is 30.5 Å². The Morgan fingerprint density at radius 2 is 1.83 bits per heavy atom. The van der Waals surface area contributed by atoms with E-state index >= 15 is 0 Å². The van der Waals surface area contributed by atoms with Gasteiger partial charge >= 0.3 is 0 Å². The number of carbonyl (C=O) groups excluding carboxylic acids is 1. The Morgan fingerprint density at radius 3 is 2.52 bits per heavy atom. The van der Waals surface area contributed by atoms with E-state index in [0.29, 0.717) is 24.3 Å². The van der Waals surface area contributed by atoms with Crippen LogP contribution >= 0.6 is 0 Å². The first-order chi connectivity index (χ1) is 11.3. The Bertz CT molecular complexity index is 613. The summed E-state index contributed by atoms with van der Waals surface area (Å²) in [4.78, 5) is 12.4. The molecule has 23 heavy (non-hydrogen) atoms. The maximum absolute atomic E-state index is 12.4. The Kier molecular flexibility index (Phi) is 6.63. The van der Waals surface area contributed by atoms with E-state index in [1.807, 2.05) is 30.3 Å². The molecule has 1 amide bonds. The number of aliphatic hydroxyl groups excluding tert-OH is 1. The zero-order valence-corrected chi connectivity index (χ0v) is 13.4. The lowest BCUT2D eigenvalue weighted by atomic mass is 9.94. The number of benzene rings is 2. The van der Waals surface area contributed by atoms with E-state index in [0.717, 1.165) is 6.42 Å². The normalized spacial score (nSPS) is 11.7. The molecule has 4 heteroatoms. The highest BCUT2D eigenvalue weighted by Crippen LogP contribution is 2.21. The van der Waals surface area contributed by atoms with Gasteiger partial charge in [0.1, 0.15) is 5.75 Å². The lowest BCUT2D eigenvalue weighted by Gasteiger charge is -2.18. The molecule has 2 aromatic carbocycles. The highest BCUT2D eigenvalue weighted by atomic mass is 16.5. The zero-order valence-electron chi connectivity index (χ0n) is 13.4. The third-order valence-corrected chi connectivity index (χ3v) is 3.84. The van der Waals surface area contributed by atoms with Crippen molar-refractivity contribution in [3.63, 3.8) is 0 Å². The average molecular weight is 313 g/mol. The Labute approximate surface area is 137 Å². The second-order valence-corrected chi connectivity index (χ2v) is 5.38. The quantitative estimate of drug-likeness (QED) is 0.787. The second-order valence-electron chi connectivity index (χ2n) is 5.38. The maximum atomic E-state index is 12.4. The largest absolute Gasteiger partial charge is 0.496 e. The summed E-state index contributed by atoms with van der Waals surface area (Å²) in [6.07, 6.45) is 1.54. The minimum absolute atomic E-state index is 0.146. The SMILES string of the molecule is COc1ccccc1C(=O)NCC(CCCO)c1ccccc1. The highest BCUT2D eigenvalue weighted by Gasteiger charge is 2.15. The lowest BCUT2D eigenvalue weighted by molar-refractivity contribution is 0.0947. The number of aliphatic hydroxyl groups is 1. The molecule has 2 N–H and O–H groups in total. The number of amides is 1. The number of nitrogens with one attached hydrogen (secondary N) is 1. The molecule has 0 radical (unpaired) electrons. The molecule has 0 aromatic heterocycles. The molecule has 0 aliphatic heterocycles. The first-order valence-corrected chi connectivity index (χ1v) is 7.83. The van der Waals surface area contributed by atoms with Gasteiger partial charge in [-0.3, -0.25) is 4.79 Å². The van der Waals surface area contributed by atoms with Crippen molar-refractivity contribution in [3.05, 3.63) is 65.7 Å². The number of hydrogen-bond donors (Lipinski definition) is 2. The molecule has 0 aliphatic rings. The van der Waals surface area contributed by atoms with Crippen LogP contribution in [0.5, 0.6) is 5.75 Å². The summed E-state index contributed by atoms with van der Waals surface area (Å²) >= 11 is 0. The molecule has 0 bridgehead atoms. The predicted molar refractivity (Wildman–Crippen MR) is 90.8 cm³/mol. The van der Waals surface area contributed by atoms with Crippen LogP contribution in [0, 0.1) is 0 Å². The Morgan fingerprint density at radius 1 is 1.13 bits per heavy atom. The smallest absolute Gasteiger partial charge is 0.255 e. The van der Waals surface area contributed by atoms with Crippen molar-refractivity contribution in [2.45, 2.75) is 18.8 Å². The van der Waals surface area contributed by atoms with E-state index in [2.05, 4.69) is 17.4 Å². The van der Waals surface area contributed by atoms with Crippen LogP contribution < -0.4 is 10.1 Å². The van der Waals surface area contributed by atoms with Crippen LogP contribution in [-0.2, 0) is 0 Å². The van der Waals surface area contributed by atoms with E-state index in [4.69, 9.17) is 9.84 Å². The molecule has 2 rings (SSSR count). The van der Waals surface area contributed by atoms with Gasteiger partial charge in [-0.1, -0.05) is 42.5 Å². The van der Waals surface area contributed by atoms with Crippen molar-refractivity contribution < 1.29 is 14.6 Å². The molecule has 2 aromatic rings. The lowest BCUT2D eigenvalue weighted by Crippen LogP contribution is -2.29. The minimum Gasteiger partial charge on any atom is -0.496 e. The molecular weight excluding hydrogens is 290 g/mol. The van der Waals surface area contributed by atoms with Gasteiger partial charge in [0.15, 0.2) is 0 Å². The average Bonchev–Trinajstić information content (AvgIpc) is 2.62. The molecule has 0 saturated carbocycles. The number of ether oxygens (including phenoxy) is 1. The summed E-state index contributed by atoms with van der Waals surface area (Å²) in [5, 5.41) is 12.1. The summed E-state index contributed by atoms with van der Waals surface area (Å²) in [6.45, 7) is 0.685. The van der Waals surface area contributed by atoms with Gasteiger partial charge in [-0.15, -0.1) is 0 Å². The Balaban J connectivity index is 2.04. The van der Waals surface area contributed by atoms with E-state index in [1.165, 1.54) is 5.56 Å². The van der Waals surface area contributed by atoms with Gasteiger partial charge in [-0.2, -0.15) is 0 Å². The van der Waals surface area contributed by atoms with E-state index < -0.39 is 0 Å². The molecule has 122 valence electrons. The van der Waals surface area contributed by atoms with Crippen molar-refractivity contribution >= 4 is 5.91 Å². The third kappa shape index (κ3) is 4.83. The molecule has 4 nitrogen and oxygen atoms in total. The monoisotopic (exact) mass is 313 g/mol. The third-order valence-electron chi connectivity index (χ3n) is 3.84. The molecule has 0 heterocycles. The van der Waals surface area contributed by atoms with Crippen molar-refractivity contribution in [2.75, 3.05) is 20.3 Å². The van der Waals surface area contributed by atoms with E-state index in [9.17, 15) is 4.79 Å². The van der Waals surface area contributed by atoms with Gasteiger partial charge in [0, 0.05) is 19.1 Å². The zero-order chi connectivity index (χ0) is 16.5. The van der Waals surface area contributed by atoms with Crippen LogP contribution in [0.1, 0.15) is 34.7 Å². The molecule has 1 atom stereocenters. The fraction of sp³-hybridized carbons (Fsp3) is 0.316. The van der Waals surface area contributed by atoms with Gasteiger partial charge in [-0.25, -0.2) is 0 Å². The second kappa shape index (κ2) is 8.96. The van der Waals surface area contributed by atoms with Gasteiger partial charge in [0.25, 0.3) is 5.91 Å². The van der Waals surface area contributed by atoms with Crippen LogP contribution in [0.3, 0.4) is 0 Å². The van der Waals surface area contributed by atoms with Crippen molar-refractivity contribution in [1.29, 1.82) is 0 Å². The summed E-state index contributed by atoms with van der Waals surface area (Å²) in [6, 6.07) is 17.2. The first kappa shape index (κ1) is 17.0. The fourth-order valence-electron chi connectivity index (χ4n) is 2.59. The molecule has 0 fully saturated rings. The van der Waals surface area contributed by atoms with Crippen molar-refractivity contribution in [2.24, 2.45) is 0 Å². The minimum atomic E-state index is -0.146. The molecule has 0 saturated heterocycles. The number of hydrogen-bond acceptors (Lipinski definition) is 3. The van der Waals surface area contributed by atoms with Crippen LogP contribution in [0.15, 0.2) is 54.6 Å². The first-order valence-electron chi connectivity index (χ1n) is 7.83. The summed E-state index contributed by atoms with van der Waals surface area (Å²) in [5.74, 6) is 0.603.